The number of pyridine rings is 1. The van der Waals surface area contributed by atoms with Gasteiger partial charge in [-0.2, -0.15) is 0 Å². The molecule has 1 rings (SSSR count). The van der Waals surface area contributed by atoms with E-state index in [-0.39, 0.29) is 12.2 Å². The number of anilines is 1. The molecule has 0 aromatic carbocycles. The number of nitrogens with zero attached hydrogens (tertiary/aromatic N) is 3. The first-order chi connectivity index (χ1) is 8.54. The van der Waals surface area contributed by atoms with E-state index in [1.54, 1.807) is 0 Å². The van der Waals surface area contributed by atoms with Crippen LogP contribution in [0.4, 0.5) is 11.5 Å². The Labute approximate surface area is 103 Å². The molecule has 0 bridgehead atoms. The lowest BCUT2D eigenvalue weighted by atomic mass is 10.3. The van der Waals surface area contributed by atoms with Gasteiger partial charge in [0.2, 0.25) is 0 Å². The van der Waals surface area contributed by atoms with Crippen LogP contribution < -0.4 is 4.90 Å². The lowest BCUT2D eigenvalue weighted by Gasteiger charge is -2.20. The molecular weight excluding hydrogens is 242 g/mol. The van der Waals surface area contributed by atoms with Crippen molar-refractivity contribution >= 4 is 17.5 Å². The van der Waals surface area contributed by atoms with Crippen LogP contribution in [0.25, 0.3) is 0 Å². The van der Waals surface area contributed by atoms with Crippen molar-refractivity contribution in [3.63, 3.8) is 0 Å². The summed E-state index contributed by atoms with van der Waals surface area (Å²) in [7, 11) is 1.50. The van der Waals surface area contributed by atoms with Gasteiger partial charge in [0.25, 0.3) is 5.69 Å². The van der Waals surface area contributed by atoms with Crippen LogP contribution in [0.3, 0.4) is 0 Å². The Morgan fingerprint density at radius 1 is 1.61 bits per heavy atom. The number of hydrogen-bond acceptors (Lipinski definition) is 6. The molecule has 0 saturated heterocycles. The summed E-state index contributed by atoms with van der Waals surface area (Å²) in [5.41, 5.74) is -0.138. The SMILES string of the molecule is COCCN(CC(=O)O)c1ccc([N+](=O)[O-])cn1. The van der Waals surface area contributed by atoms with Gasteiger partial charge in [-0.3, -0.25) is 14.9 Å². The molecule has 18 heavy (non-hydrogen) atoms. The Morgan fingerprint density at radius 2 is 2.33 bits per heavy atom. The molecule has 0 spiro atoms. The van der Waals surface area contributed by atoms with Gasteiger partial charge in [0.15, 0.2) is 0 Å². The van der Waals surface area contributed by atoms with Gasteiger partial charge >= 0.3 is 5.97 Å². The molecule has 0 aliphatic rings. The fourth-order valence-corrected chi connectivity index (χ4v) is 1.31. The highest BCUT2D eigenvalue weighted by Crippen LogP contribution is 2.15. The maximum Gasteiger partial charge on any atom is 0.323 e. The van der Waals surface area contributed by atoms with E-state index < -0.39 is 10.9 Å². The summed E-state index contributed by atoms with van der Waals surface area (Å²) in [6.07, 6.45) is 1.09. The third-order valence-corrected chi connectivity index (χ3v) is 2.16. The topological polar surface area (TPSA) is 106 Å². The van der Waals surface area contributed by atoms with E-state index in [2.05, 4.69) is 4.98 Å². The molecule has 98 valence electrons. The molecule has 0 fully saturated rings. The number of aromatic nitrogens is 1. The average Bonchev–Trinajstić information content (AvgIpc) is 2.34. The molecule has 8 heteroatoms. The van der Waals surface area contributed by atoms with Crippen molar-refractivity contribution in [3.8, 4) is 0 Å². The van der Waals surface area contributed by atoms with Crippen LogP contribution in [0, 0.1) is 10.1 Å². The second-order valence-electron chi connectivity index (χ2n) is 3.44. The molecule has 0 unspecified atom stereocenters. The smallest absolute Gasteiger partial charge is 0.323 e. The average molecular weight is 255 g/mol. The zero-order valence-electron chi connectivity index (χ0n) is 9.78. The van der Waals surface area contributed by atoms with Crippen molar-refractivity contribution in [1.29, 1.82) is 0 Å². The summed E-state index contributed by atoms with van der Waals surface area (Å²) >= 11 is 0. The summed E-state index contributed by atoms with van der Waals surface area (Å²) in [5, 5.41) is 19.2. The number of carboxylic acid groups (broad SMARTS) is 1. The van der Waals surface area contributed by atoms with Crippen LogP contribution in [0.5, 0.6) is 0 Å². The highest BCUT2D eigenvalue weighted by atomic mass is 16.6. The summed E-state index contributed by atoms with van der Waals surface area (Å²) in [5.74, 6) is -0.647. The first-order valence-corrected chi connectivity index (χ1v) is 5.10. The van der Waals surface area contributed by atoms with Gasteiger partial charge in [0.05, 0.1) is 11.5 Å². The molecule has 1 aromatic rings. The normalized spacial score (nSPS) is 10.1. The van der Waals surface area contributed by atoms with Gasteiger partial charge in [-0.25, -0.2) is 4.98 Å². The van der Waals surface area contributed by atoms with E-state index >= 15 is 0 Å². The minimum Gasteiger partial charge on any atom is -0.480 e. The van der Waals surface area contributed by atoms with Crippen LogP contribution in [0.15, 0.2) is 18.3 Å². The number of hydrogen-bond donors (Lipinski definition) is 1. The van der Waals surface area contributed by atoms with Gasteiger partial charge in [0.1, 0.15) is 18.6 Å². The zero-order valence-corrected chi connectivity index (χ0v) is 9.78. The fourth-order valence-electron chi connectivity index (χ4n) is 1.31. The molecule has 0 aliphatic heterocycles. The third-order valence-electron chi connectivity index (χ3n) is 2.16. The monoisotopic (exact) mass is 255 g/mol. The fraction of sp³-hybridized carbons (Fsp3) is 0.400. The molecule has 1 N–H and O–H groups in total. The van der Waals surface area contributed by atoms with Gasteiger partial charge in [-0.1, -0.05) is 0 Å². The number of aliphatic carboxylic acids is 1. The molecule has 8 nitrogen and oxygen atoms in total. The number of rotatable bonds is 7. The lowest BCUT2D eigenvalue weighted by molar-refractivity contribution is -0.385. The summed E-state index contributed by atoms with van der Waals surface area (Å²) < 4.78 is 4.87. The van der Waals surface area contributed by atoms with E-state index in [1.165, 1.54) is 24.1 Å². The van der Waals surface area contributed by atoms with Crippen molar-refractivity contribution < 1.29 is 19.6 Å². The second-order valence-corrected chi connectivity index (χ2v) is 3.44. The summed E-state index contributed by atoms with van der Waals surface area (Å²) in [4.78, 5) is 25.9. The van der Waals surface area contributed by atoms with Crippen molar-refractivity contribution in [2.75, 3.05) is 31.7 Å². The van der Waals surface area contributed by atoms with E-state index in [9.17, 15) is 14.9 Å². The van der Waals surface area contributed by atoms with E-state index in [0.717, 1.165) is 6.20 Å². The Morgan fingerprint density at radius 3 is 2.78 bits per heavy atom. The Bertz CT molecular complexity index is 420. The van der Waals surface area contributed by atoms with E-state index in [4.69, 9.17) is 9.84 Å². The van der Waals surface area contributed by atoms with Gasteiger partial charge in [-0.15, -0.1) is 0 Å². The molecule has 0 aliphatic carbocycles. The van der Waals surface area contributed by atoms with Crippen LogP contribution in [-0.4, -0.2) is 47.8 Å². The van der Waals surface area contributed by atoms with Gasteiger partial charge < -0.3 is 14.7 Å². The van der Waals surface area contributed by atoms with Crippen molar-refractivity contribution in [2.45, 2.75) is 0 Å². The predicted molar refractivity (Wildman–Crippen MR) is 62.6 cm³/mol. The zero-order chi connectivity index (χ0) is 13.5. The highest BCUT2D eigenvalue weighted by Gasteiger charge is 2.13. The third kappa shape index (κ3) is 3.98. The van der Waals surface area contributed by atoms with Crippen LogP contribution >= 0.6 is 0 Å². The highest BCUT2D eigenvalue weighted by molar-refractivity contribution is 5.73. The molecule has 0 amide bonds. The van der Waals surface area contributed by atoms with Crippen molar-refractivity contribution in [3.05, 3.63) is 28.4 Å². The summed E-state index contributed by atoms with van der Waals surface area (Å²) in [6.45, 7) is 0.438. The van der Waals surface area contributed by atoms with Crippen LogP contribution in [-0.2, 0) is 9.53 Å². The molecular formula is C10H13N3O5. The number of nitro groups is 1. The van der Waals surface area contributed by atoms with Gasteiger partial charge in [-0.05, 0) is 6.07 Å². The quantitative estimate of drug-likeness (QED) is 0.559. The largest absolute Gasteiger partial charge is 0.480 e. The maximum absolute atomic E-state index is 10.7. The molecule has 0 radical (unpaired) electrons. The molecule has 0 atom stereocenters. The molecule has 1 aromatic heterocycles. The predicted octanol–water partition coefficient (Wildman–Crippen LogP) is 0.527. The number of ether oxygens (including phenoxy) is 1. The standard InChI is InChI=1S/C10H13N3O5/c1-18-5-4-12(7-10(14)15)9-3-2-8(6-11-9)13(16)17/h2-3,6H,4-5,7H2,1H3,(H,14,15). The number of carbonyl (C=O) groups is 1. The van der Waals surface area contributed by atoms with E-state index in [0.29, 0.717) is 19.0 Å². The second kappa shape index (κ2) is 6.50. The van der Waals surface area contributed by atoms with Crippen molar-refractivity contribution in [2.24, 2.45) is 0 Å². The first-order valence-electron chi connectivity index (χ1n) is 5.10. The Kier molecular flexibility index (Phi) is 5.00. The minimum absolute atomic E-state index is 0.138. The Balaban J connectivity index is 2.83. The minimum atomic E-state index is -1.01. The van der Waals surface area contributed by atoms with E-state index in [1.807, 2.05) is 0 Å². The van der Waals surface area contributed by atoms with Crippen LogP contribution in [0.2, 0.25) is 0 Å². The molecule has 1 heterocycles. The Hall–Kier alpha value is -2.22. The lowest BCUT2D eigenvalue weighted by Crippen LogP contribution is -2.33. The van der Waals surface area contributed by atoms with Crippen LogP contribution in [0.1, 0.15) is 0 Å². The summed E-state index contributed by atoms with van der Waals surface area (Å²) in [6, 6.07) is 2.70. The maximum atomic E-state index is 10.7. The number of carboxylic acids is 1. The number of methoxy groups -OCH3 is 1. The first kappa shape index (κ1) is 13.8. The molecule has 0 saturated carbocycles. The van der Waals surface area contributed by atoms with Crippen molar-refractivity contribution in [1.82, 2.24) is 4.98 Å². The van der Waals surface area contributed by atoms with Gasteiger partial charge in [0, 0.05) is 19.7 Å².